The standard InChI is InChI=1S/C17H15F3N2O4S/c1-26-10-6-4-9(5-7-10)13-12(14(23)11-3-2-8-27-11)16(25,17(18,19)20)22-15(24)21-13/h2-8,12-13,25H,1H3,(H2,21,22,24)/t12-,13-,16-/m0/s1. The molecule has 10 heteroatoms. The van der Waals surface area contributed by atoms with E-state index in [1.165, 1.54) is 54.2 Å². The van der Waals surface area contributed by atoms with Crippen LogP contribution >= 0.6 is 11.3 Å². The number of hydrogen-bond acceptors (Lipinski definition) is 5. The van der Waals surface area contributed by atoms with Crippen molar-refractivity contribution in [2.45, 2.75) is 17.9 Å². The molecule has 3 rings (SSSR count). The summed E-state index contributed by atoms with van der Waals surface area (Å²) in [5.41, 5.74) is -3.50. The molecule has 0 spiro atoms. The zero-order valence-corrected chi connectivity index (χ0v) is 14.7. The lowest BCUT2D eigenvalue weighted by atomic mass is 9.78. The highest BCUT2D eigenvalue weighted by atomic mass is 32.1. The molecule has 1 fully saturated rings. The largest absolute Gasteiger partial charge is 0.497 e. The Balaban J connectivity index is 2.12. The molecule has 0 unspecified atom stereocenters. The molecule has 2 amide bonds. The maximum atomic E-state index is 13.7. The van der Waals surface area contributed by atoms with Gasteiger partial charge in [0, 0.05) is 0 Å². The van der Waals surface area contributed by atoms with E-state index in [1.807, 2.05) is 0 Å². The fraction of sp³-hybridized carbons (Fsp3) is 0.294. The zero-order chi connectivity index (χ0) is 19.8. The number of ketones is 1. The molecular formula is C17H15F3N2O4S. The van der Waals surface area contributed by atoms with E-state index in [4.69, 9.17) is 4.74 Å². The van der Waals surface area contributed by atoms with Crippen LogP contribution in [-0.4, -0.2) is 35.9 Å². The van der Waals surface area contributed by atoms with Crippen LogP contribution < -0.4 is 15.4 Å². The molecule has 2 aromatic rings. The third kappa shape index (κ3) is 3.37. The average Bonchev–Trinajstić information content (AvgIpc) is 3.14. The lowest BCUT2D eigenvalue weighted by Gasteiger charge is -2.44. The van der Waals surface area contributed by atoms with Crippen molar-refractivity contribution >= 4 is 23.2 Å². The molecule has 0 saturated carbocycles. The van der Waals surface area contributed by atoms with Crippen molar-refractivity contribution in [2.75, 3.05) is 7.11 Å². The van der Waals surface area contributed by atoms with Crippen molar-refractivity contribution in [1.82, 2.24) is 10.6 Å². The molecule has 3 N–H and O–H groups in total. The lowest BCUT2D eigenvalue weighted by molar-refractivity contribution is -0.287. The van der Waals surface area contributed by atoms with Crippen molar-refractivity contribution in [1.29, 1.82) is 0 Å². The van der Waals surface area contributed by atoms with Crippen LogP contribution in [0.5, 0.6) is 5.75 Å². The van der Waals surface area contributed by atoms with E-state index in [1.54, 1.807) is 0 Å². The number of carbonyl (C=O) groups excluding carboxylic acids is 2. The smallest absolute Gasteiger partial charge is 0.437 e. The Morgan fingerprint density at radius 2 is 1.93 bits per heavy atom. The molecule has 0 radical (unpaired) electrons. The Hall–Kier alpha value is -2.59. The number of benzene rings is 1. The van der Waals surface area contributed by atoms with Crippen molar-refractivity contribution in [2.24, 2.45) is 5.92 Å². The molecule has 0 aliphatic carbocycles. The van der Waals surface area contributed by atoms with Crippen molar-refractivity contribution in [3.05, 3.63) is 52.2 Å². The van der Waals surface area contributed by atoms with E-state index >= 15 is 0 Å². The van der Waals surface area contributed by atoms with Gasteiger partial charge in [0.2, 0.25) is 5.72 Å². The molecule has 3 atom stereocenters. The number of halogens is 3. The Kier molecular flexibility index (Phi) is 4.87. The van der Waals surface area contributed by atoms with E-state index in [9.17, 15) is 27.9 Å². The molecule has 1 aromatic carbocycles. The summed E-state index contributed by atoms with van der Waals surface area (Å²) in [6.45, 7) is 0. The van der Waals surface area contributed by atoms with Gasteiger partial charge in [-0.3, -0.25) is 4.79 Å². The third-order valence-electron chi connectivity index (χ3n) is 4.33. The molecule has 144 valence electrons. The second-order valence-corrected chi connectivity index (χ2v) is 6.88. The molecule has 1 aliphatic rings. The molecule has 27 heavy (non-hydrogen) atoms. The molecule has 1 saturated heterocycles. The molecule has 6 nitrogen and oxygen atoms in total. The van der Waals surface area contributed by atoms with Gasteiger partial charge in [-0.2, -0.15) is 13.2 Å². The lowest BCUT2D eigenvalue weighted by Crippen LogP contribution is -2.72. The normalized spacial score (nSPS) is 25.4. The van der Waals surface area contributed by atoms with Crippen LogP contribution in [0.4, 0.5) is 18.0 Å². The third-order valence-corrected chi connectivity index (χ3v) is 5.21. The summed E-state index contributed by atoms with van der Waals surface area (Å²) in [4.78, 5) is 24.8. The average molecular weight is 400 g/mol. The number of carbonyl (C=O) groups is 2. The van der Waals surface area contributed by atoms with E-state index in [0.717, 1.165) is 11.3 Å². The summed E-state index contributed by atoms with van der Waals surface area (Å²) in [6, 6.07) is 6.09. The van der Waals surface area contributed by atoms with Gasteiger partial charge in [0.15, 0.2) is 5.78 Å². The first kappa shape index (κ1) is 19.2. The maximum absolute atomic E-state index is 13.7. The second kappa shape index (κ2) is 6.86. The molecule has 1 aliphatic heterocycles. The predicted molar refractivity (Wildman–Crippen MR) is 90.5 cm³/mol. The SMILES string of the molecule is COc1ccc([C@@H]2NC(=O)N[C@@](O)(C(F)(F)F)[C@@H]2C(=O)c2cccs2)cc1. The number of amides is 2. The number of alkyl halides is 3. The highest BCUT2D eigenvalue weighted by Crippen LogP contribution is 2.44. The number of hydrogen-bond donors (Lipinski definition) is 3. The first-order chi connectivity index (χ1) is 12.7. The number of urea groups is 1. The first-order valence-electron chi connectivity index (χ1n) is 7.77. The van der Waals surface area contributed by atoms with Crippen molar-refractivity contribution in [3.63, 3.8) is 0 Å². The minimum Gasteiger partial charge on any atom is -0.497 e. The number of aliphatic hydroxyl groups is 1. The van der Waals surface area contributed by atoms with E-state index in [-0.39, 0.29) is 10.4 Å². The zero-order valence-electron chi connectivity index (χ0n) is 13.9. The predicted octanol–water partition coefficient (Wildman–Crippen LogP) is 2.86. The van der Waals surface area contributed by atoms with E-state index in [0.29, 0.717) is 5.75 Å². The van der Waals surface area contributed by atoms with Crippen LogP contribution in [0.1, 0.15) is 21.3 Å². The number of Topliss-reactive ketones (excluding diaryl/α,β-unsaturated/α-hetero) is 1. The van der Waals surface area contributed by atoms with Gasteiger partial charge in [0.05, 0.1) is 18.0 Å². The summed E-state index contributed by atoms with van der Waals surface area (Å²) in [7, 11) is 1.42. The van der Waals surface area contributed by atoms with Crippen LogP contribution in [0.25, 0.3) is 0 Å². The molecule has 2 heterocycles. The van der Waals surface area contributed by atoms with Gasteiger partial charge in [-0.05, 0) is 29.1 Å². The number of nitrogens with one attached hydrogen (secondary N) is 2. The van der Waals surface area contributed by atoms with Crippen LogP contribution in [0.3, 0.4) is 0 Å². The summed E-state index contributed by atoms with van der Waals surface area (Å²) in [5.74, 6) is -2.51. The van der Waals surface area contributed by atoms with E-state index in [2.05, 4.69) is 5.32 Å². The second-order valence-electron chi connectivity index (χ2n) is 5.93. The topological polar surface area (TPSA) is 87.7 Å². The van der Waals surface area contributed by atoms with Gasteiger partial charge in [-0.15, -0.1) is 11.3 Å². The van der Waals surface area contributed by atoms with Crippen LogP contribution in [0.2, 0.25) is 0 Å². The maximum Gasteiger partial charge on any atom is 0.437 e. The molecular weight excluding hydrogens is 385 g/mol. The van der Waals surface area contributed by atoms with Gasteiger partial charge in [-0.25, -0.2) is 4.79 Å². The van der Waals surface area contributed by atoms with Crippen molar-refractivity contribution in [3.8, 4) is 5.75 Å². The van der Waals surface area contributed by atoms with Crippen LogP contribution in [-0.2, 0) is 0 Å². The Morgan fingerprint density at radius 1 is 1.26 bits per heavy atom. The summed E-state index contributed by atoms with van der Waals surface area (Å²) < 4.78 is 46.1. The quantitative estimate of drug-likeness (QED) is 0.689. The number of thiophene rings is 1. The van der Waals surface area contributed by atoms with Crippen LogP contribution in [0, 0.1) is 5.92 Å². The summed E-state index contributed by atoms with van der Waals surface area (Å²) in [6.07, 6.45) is -5.27. The monoisotopic (exact) mass is 400 g/mol. The fourth-order valence-corrected chi connectivity index (χ4v) is 3.70. The van der Waals surface area contributed by atoms with Gasteiger partial charge in [-0.1, -0.05) is 18.2 Å². The van der Waals surface area contributed by atoms with E-state index < -0.39 is 35.7 Å². The van der Waals surface area contributed by atoms with Crippen molar-refractivity contribution < 1.29 is 32.6 Å². The minimum absolute atomic E-state index is 0.0409. The number of ether oxygens (including phenoxy) is 1. The highest BCUT2D eigenvalue weighted by molar-refractivity contribution is 7.12. The van der Waals surface area contributed by atoms with Gasteiger partial charge < -0.3 is 20.5 Å². The molecule has 1 aromatic heterocycles. The Bertz CT molecular complexity index is 839. The molecule has 0 bridgehead atoms. The number of rotatable bonds is 4. The minimum atomic E-state index is -5.27. The number of methoxy groups -OCH3 is 1. The summed E-state index contributed by atoms with van der Waals surface area (Å²) in [5, 5.41) is 15.8. The highest BCUT2D eigenvalue weighted by Gasteiger charge is 2.66. The van der Waals surface area contributed by atoms with Gasteiger partial charge >= 0.3 is 12.2 Å². The Labute approximate surface area is 156 Å². The van der Waals surface area contributed by atoms with Gasteiger partial charge in [0.1, 0.15) is 11.7 Å². The first-order valence-corrected chi connectivity index (χ1v) is 8.65. The fourth-order valence-electron chi connectivity index (χ4n) is 3.00. The van der Waals surface area contributed by atoms with Gasteiger partial charge in [0.25, 0.3) is 0 Å². The van der Waals surface area contributed by atoms with Crippen LogP contribution in [0.15, 0.2) is 41.8 Å². The summed E-state index contributed by atoms with van der Waals surface area (Å²) >= 11 is 0.952. The Morgan fingerprint density at radius 3 is 2.44 bits per heavy atom.